The van der Waals surface area contributed by atoms with Crippen molar-refractivity contribution in [2.75, 3.05) is 30.3 Å². The highest BCUT2D eigenvalue weighted by molar-refractivity contribution is 7.18. The number of para-hydroxylation sites is 1. The second kappa shape index (κ2) is 7.25. The van der Waals surface area contributed by atoms with Crippen molar-refractivity contribution in [3.8, 4) is 0 Å². The molecule has 25 heavy (non-hydrogen) atoms. The molecular formula is C18H21N3O3S. The van der Waals surface area contributed by atoms with Crippen molar-refractivity contribution < 1.29 is 14.3 Å². The lowest BCUT2D eigenvalue weighted by Gasteiger charge is -2.37. The topological polar surface area (TPSA) is 70.7 Å². The summed E-state index contributed by atoms with van der Waals surface area (Å²) in [5.41, 5.74) is 0.380. The largest absolute Gasteiger partial charge is 0.372 e. The van der Waals surface area contributed by atoms with E-state index in [1.165, 1.54) is 11.3 Å². The molecule has 0 spiro atoms. The molecule has 2 heterocycles. The first-order chi connectivity index (χ1) is 11.9. The van der Waals surface area contributed by atoms with E-state index in [0.717, 1.165) is 0 Å². The quantitative estimate of drug-likeness (QED) is 0.879. The number of nitrogens with one attached hydrogen (secondary N) is 2. The highest BCUT2D eigenvalue weighted by Gasteiger charge is 2.30. The first kappa shape index (κ1) is 17.4. The van der Waals surface area contributed by atoms with Gasteiger partial charge in [-0.1, -0.05) is 18.2 Å². The molecule has 0 unspecified atom stereocenters. The Morgan fingerprint density at radius 1 is 1.12 bits per heavy atom. The summed E-state index contributed by atoms with van der Waals surface area (Å²) in [6.45, 7) is 5.62. The SMILES string of the molecule is CC1(C)CN(C(=O)c2ccc(NC(=O)Nc3ccccc3)s2)CCO1. The minimum atomic E-state index is -0.334. The molecule has 0 saturated carbocycles. The smallest absolute Gasteiger partial charge is 0.324 e. The second-order valence-electron chi connectivity index (χ2n) is 6.44. The summed E-state index contributed by atoms with van der Waals surface area (Å²) in [4.78, 5) is 27.0. The Labute approximate surface area is 150 Å². The van der Waals surface area contributed by atoms with E-state index in [1.807, 2.05) is 44.2 Å². The van der Waals surface area contributed by atoms with Crippen LogP contribution in [-0.2, 0) is 4.74 Å². The number of ether oxygens (including phenoxy) is 1. The lowest BCUT2D eigenvalue weighted by Crippen LogP contribution is -2.50. The fourth-order valence-electron chi connectivity index (χ4n) is 2.66. The molecule has 6 nitrogen and oxygen atoms in total. The molecule has 0 aliphatic carbocycles. The Morgan fingerprint density at radius 3 is 2.60 bits per heavy atom. The molecule has 1 fully saturated rings. The van der Waals surface area contributed by atoms with Crippen LogP contribution in [0.2, 0.25) is 0 Å². The summed E-state index contributed by atoms with van der Waals surface area (Å²) in [6, 6.07) is 12.4. The third-order valence-electron chi connectivity index (χ3n) is 3.80. The van der Waals surface area contributed by atoms with Gasteiger partial charge in [0.05, 0.1) is 22.1 Å². The standard InChI is InChI=1S/C18H21N3O3S/c1-18(2)12-21(10-11-24-18)16(22)14-8-9-15(25-14)20-17(23)19-13-6-4-3-5-7-13/h3-9H,10-12H2,1-2H3,(H2,19,20,23). The van der Waals surface area contributed by atoms with Crippen molar-refractivity contribution in [3.05, 3.63) is 47.3 Å². The van der Waals surface area contributed by atoms with Crippen molar-refractivity contribution in [2.45, 2.75) is 19.4 Å². The van der Waals surface area contributed by atoms with Crippen LogP contribution in [-0.4, -0.2) is 42.1 Å². The molecule has 2 aromatic rings. The minimum absolute atomic E-state index is 0.0297. The minimum Gasteiger partial charge on any atom is -0.372 e. The molecule has 0 bridgehead atoms. The van der Waals surface area contributed by atoms with E-state index in [9.17, 15) is 9.59 Å². The van der Waals surface area contributed by atoms with Crippen LogP contribution in [0, 0.1) is 0 Å². The maximum absolute atomic E-state index is 12.6. The number of thiophene rings is 1. The van der Waals surface area contributed by atoms with Crippen LogP contribution < -0.4 is 10.6 Å². The first-order valence-electron chi connectivity index (χ1n) is 8.09. The van der Waals surface area contributed by atoms with Crippen molar-refractivity contribution in [1.29, 1.82) is 0 Å². The fourth-order valence-corrected chi connectivity index (χ4v) is 3.53. The van der Waals surface area contributed by atoms with Crippen molar-refractivity contribution in [3.63, 3.8) is 0 Å². The van der Waals surface area contributed by atoms with Crippen LogP contribution in [0.15, 0.2) is 42.5 Å². The molecule has 3 rings (SSSR count). The van der Waals surface area contributed by atoms with Gasteiger partial charge < -0.3 is 15.0 Å². The maximum Gasteiger partial charge on any atom is 0.324 e. The summed E-state index contributed by atoms with van der Waals surface area (Å²) >= 11 is 1.27. The van der Waals surface area contributed by atoms with Crippen LogP contribution in [0.4, 0.5) is 15.5 Å². The number of carbonyl (C=O) groups excluding carboxylic acids is 2. The molecule has 1 aromatic carbocycles. The number of nitrogens with zero attached hydrogens (tertiary/aromatic N) is 1. The zero-order valence-corrected chi connectivity index (χ0v) is 15.1. The highest BCUT2D eigenvalue weighted by Crippen LogP contribution is 2.25. The molecule has 1 aliphatic rings. The second-order valence-corrected chi connectivity index (χ2v) is 7.53. The normalized spacial score (nSPS) is 16.3. The van der Waals surface area contributed by atoms with Gasteiger partial charge in [0.1, 0.15) is 0 Å². The number of amides is 3. The van der Waals surface area contributed by atoms with Crippen molar-refractivity contribution >= 4 is 34.0 Å². The molecule has 0 atom stereocenters. The summed E-state index contributed by atoms with van der Waals surface area (Å²) < 4.78 is 5.64. The van der Waals surface area contributed by atoms with Gasteiger partial charge in [0.2, 0.25) is 0 Å². The third kappa shape index (κ3) is 4.58. The number of hydrogen-bond acceptors (Lipinski definition) is 4. The van der Waals surface area contributed by atoms with Gasteiger partial charge >= 0.3 is 6.03 Å². The van der Waals surface area contributed by atoms with Crippen LogP contribution >= 0.6 is 11.3 Å². The number of carbonyl (C=O) groups is 2. The lowest BCUT2D eigenvalue weighted by molar-refractivity contribution is -0.0763. The molecule has 132 valence electrons. The average Bonchev–Trinajstić information content (AvgIpc) is 3.02. The number of morpholine rings is 1. The molecule has 1 saturated heterocycles. The predicted octanol–water partition coefficient (Wildman–Crippen LogP) is 3.64. The number of anilines is 2. The van der Waals surface area contributed by atoms with Crippen molar-refractivity contribution in [2.24, 2.45) is 0 Å². The van der Waals surface area contributed by atoms with E-state index in [1.54, 1.807) is 17.0 Å². The number of urea groups is 1. The molecule has 7 heteroatoms. The Bertz CT molecular complexity index is 758. The zero-order valence-electron chi connectivity index (χ0n) is 14.2. The summed E-state index contributed by atoms with van der Waals surface area (Å²) in [6.07, 6.45) is 0. The van der Waals surface area contributed by atoms with E-state index in [-0.39, 0.29) is 17.5 Å². The summed E-state index contributed by atoms with van der Waals surface area (Å²) in [5.74, 6) is -0.0297. The van der Waals surface area contributed by atoms with Gasteiger partial charge in [-0.05, 0) is 38.1 Å². The van der Waals surface area contributed by atoms with E-state index in [0.29, 0.717) is 35.3 Å². The fraction of sp³-hybridized carbons (Fsp3) is 0.333. The summed E-state index contributed by atoms with van der Waals surface area (Å²) in [5, 5.41) is 6.13. The van der Waals surface area contributed by atoms with Gasteiger partial charge in [-0.2, -0.15) is 0 Å². The van der Waals surface area contributed by atoms with Gasteiger partial charge in [0, 0.05) is 18.8 Å². The van der Waals surface area contributed by atoms with E-state index in [2.05, 4.69) is 10.6 Å². The van der Waals surface area contributed by atoms with Crippen LogP contribution in [0.1, 0.15) is 23.5 Å². The predicted molar refractivity (Wildman–Crippen MR) is 99.3 cm³/mol. The average molecular weight is 359 g/mol. The van der Waals surface area contributed by atoms with Gasteiger partial charge in [0.15, 0.2) is 0 Å². The van der Waals surface area contributed by atoms with Crippen molar-refractivity contribution in [1.82, 2.24) is 4.90 Å². The Balaban J connectivity index is 1.60. The summed E-state index contributed by atoms with van der Waals surface area (Å²) in [7, 11) is 0. The lowest BCUT2D eigenvalue weighted by atomic mass is 10.1. The molecule has 1 aliphatic heterocycles. The van der Waals surface area contributed by atoms with E-state index < -0.39 is 0 Å². The first-order valence-corrected chi connectivity index (χ1v) is 8.91. The van der Waals surface area contributed by atoms with E-state index >= 15 is 0 Å². The molecular weight excluding hydrogens is 338 g/mol. The van der Waals surface area contributed by atoms with Gasteiger partial charge in [-0.3, -0.25) is 10.1 Å². The van der Waals surface area contributed by atoms with Crippen LogP contribution in [0.3, 0.4) is 0 Å². The molecule has 3 amide bonds. The van der Waals surface area contributed by atoms with E-state index in [4.69, 9.17) is 4.74 Å². The Morgan fingerprint density at radius 2 is 1.88 bits per heavy atom. The Hall–Kier alpha value is -2.38. The van der Waals surface area contributed by atoms with Gasteiger partial charge in [-0.25, -0.2) is 4.79 Å². The highest BCUT2D eigenvalue weighted by atomic mass is 32.1. The molecule has 2 N–H and O–H groups in total. The van der Waals surface area contributed by atoms with Crippen LogP contribution in [0.25, 0.3) is 0 Å². The van der Waals surface area contributed by atoms with Crippen LogP contribution in [0.5, 0.6) is 0 Å². The molecule has 1 aromatic heterocycles. The number of rotatable bonds is 3. The number of benzene rings is 1. The number of hydrogen-bond donors (Lipinski definition) is 2. The van der Waals surface area contributed by atoms with Gasteiger partial charge in [0.25, 0.3) is 5.91 Å². The monoisotopic (exact) mass is 359 g/mol. The zero-order chi connectivity index (χ0) is 17.9. The van der Waals surface area contributed by atoms with Gasteiger partial charge in [-0.15, -0.1) is 11.3 Å². The third-order valence-corrected chi connectivity index (χ3v) is 4.79. The maximum atomic E-state index is 12.6. The molecule has 0 radical (unpaired) electrons. The Kier molecular flexibility index (Phi) is 5.06.